The van der Waals surface area contributed by atoms with Crippen molar-refractivity contribution in [3.63, 3.8) is 0 Å². The van der Waals surface area contributed by atoms with Crippen molar-refractivity contribution >= 4 is 0 Å². The summed E-state index contributed by atoms with van der Waals surface area (Å²) < 4.78 is 50.4. The molecular weight excluding hydrogens is 245 g/mol. The molecule has 0 spiro atoms. The van der Waals surface area contributed by atoms with E-state index in [1.165, 1.54) is 0 Å². The topological polar surface area (TPSA) is 138 Å². The fraction of sp³-hybridized carbons (Fsp3) is 0. The van der Waals surface area contributed by atoms with Gasteiger partial charge in [0.2, 0.25) is 0 Å². The summed E-state index contributed by atoms with van der Waals surface area (Å²) >= 11 is 0. The molecule has 0 radical (unpaired) electrons. The van der Waals surface area contributed by atoms with E-state index in [0.29, 0.717) is 0 Å². The van der Waals surface area contributed by atoms with Gasteiger partial charge in [-0.3, -0.25) is 0 Å². The summed E-state index contributed by atoms with van der Waals surface area (Å²) in [4.78, 5) is 0. The van der Waals surface area contributed by atoms with Gasteiger partial charge in [0.25, 0.3) is 0 Å². The standard InChI is InChI=1S/2ClO3.2K/c2*2-1(3)4;;/q2*-1;2*+1. The smallest absolute Gasteiger partial charge is 0.357 e. The number of rotatable bonds is 0. The van der Waals surface area contributed by atoms with Crippen molar-refractivity contribution in [1.82, 2.24) is 0 Å². The molecule has 0 rings (SSSR count). The van der Waals surface area contributed by atoms with E-state index in [4.69, 9.17) is 28.0 Å². The van der Waals surface area contributed by atoms with Crippen LogP contribution in [0.4, 0.5) is 0 Å². The van der Waals surface area contributed by atoms with E-state index >= 15 is 0 Å². The second-order valence-electron chi connectivity index (χ2n) is 0.378. The minimum absolute atomic E-state index is 0. The van der Waals surface area contributed by atoms with Crippen molar-refractivity contribution in [3.05, 3.63) is 0 Å². The Morgan fingerprint density at radius 3 is 0.500 bits per heavy atom. The SMILES string of the molecule is [K+].[K+].[O-][Cl+2]([O-])[O-].[O-][Cl+2]([O-])[O-]. The minimum atomic E-state index is -2.85. The van der Waals surface area contributed by atoms with Crippen LogP contribution >= 0.6 is 0 Å². The van der Waals surface area contributed by atoms with Gasteiger partial charge in [-0.15, -0.1) is 0 Å². The summed E-state index contributed by atoms with van der Waals surface area (Å²) in [6.45, 7) is 0. The van der Waals surface area contributed by atoms with Gasteiger partial charge in [-0.2, -0.15) is 0 Å². The third kappa shape index (κ3) is 100. The molecule has 0 saturated carbocycles. The number of hydrogen-bond donors (Lipinski definition) is 0. The Morgan fingerprint density at radius 1 is 0.500 bits per heavy atom. The van der Waals surface area contributed by atoms with Crippen LogP contribution in [0.15, 0.2) is 0 Å². The molecule has 0 aromatic rings. The van der Waals surface area contributed by atoms with Crippen LogP contribution in [0.2, 0.25) is 0 Å². The van der Waals surface area contributed by atoms with Gasteiger partial charge < -0.3 is 28.0 Å². The molecule has 52 valence electrons. The van der Waals surface area contributed by atoms with Crippen LogP contribution in [0.5, 0.6) is 0 Å². The van der Waals surface area contributed by atoms with E-state index in [1.807, 2.05) is 0 Å². The monoisotopic (exact) mass is 244 g/mol. The van der Waals surface area contributed by atoms with E-state index in [2.05, 4.69) is 0 Å². The Balaban J connectivity index is -0.0000000300. The zero-order valence-electron chi connectivity index (χ0n) is 5.21. The maximum atomic E-state index is 8.41. The number of halogens is 2. The predicted molar refractivity (Wildman–Crippen MR) is 0 cm³/mol. The summed E-state index contributed by atoms with van der Waals surface area (Å²) in [5.41, 5.74) is 0. The fourth-order valence-corrected chi connectivity index (χ4v) is 0. The molecule has 0 atom stereocenters. The third-order valence-corrected chi connectivity index (χ3v) is 0. The van der Waals surface area contributed by atoms with E-state index in [-0.39, 0.29) is 103 Å². The predicted octanol–water partition coefficient (Wildman–Crippen LogP) is -13.1. The third-order valence-electron chi connectivity index (χ3n) is 0. The van der Waals surface area contributed by atoms with Gasteiger partial charge in [0.05, 0.1) is 21.6 Å². The van der Waals surface area contributed by atoms with E-state index in [0.717, 1.165) is 0 Å². The first-order chi connectivity index (χ1) is 3.46. The van der Waals surface area contributed by atoms with E-state index in [1.54, 1.807) is 0 Å². The minimum Gasteiger partial charge on any atom is -0.357 e. The van der Waals surface area contributed by atoms with Crippen LogP contribution < -0.4 is 131 Å². The zero-order valence-corrected chi connectivity index (χ0v) is 13.0. The average molecular weight is 245 g/mol. The molecule has 0 aromatic heterocycles. The Kier molecular flexibility index (Phi) is 43.1. The summed E-state index contributed by atoms with van der Waals surface area (Å²) in [6.07, 6.45) is 0. The van der Waals surface area contributed by atoms with Crippen LogP contribution in [0.3, 0.4) is 0 Å². The van der Waals surface area contributed by atoms with Gasteiger partial charge >= 0.3 is 103 Å². The van der Waals surface area contributed by atoms with Crippen molar-refractivity contribution < 1.29 is 152 Å². The summed E-state index contributed by atoms with van der Waals surface area (Å²) in [5, 5.41) is 0. The normalized spacial score (nSPS) is 7.20. The molecule has 0 aromatic carbocycles. The second-order valence-corrected chi connectivity index (χ2v) is 1.13. The molecule has 0 aliphatic rings. The van der Waals surface area contributed by atoms with Gasteiger partial charge in [0.15, 0.2) is 0 Å². The van der Waals surface area contributed by atoms with Crippen LogP contribution in [-0.4, -0.2) is 0 Å². The van der Waals surface area contributed by atoms with Crippen LogP contribution in [0.1, 0.15) is 0 Å². The van der Waals surface area contributed by atoms with Gasteiger partial charge in [-0.1, -0.05) is 0 Å². The Labute approximate surface area is 148 Å². The molecule has 0 fully saturated rings. The van der Waals surface area contributed by atoms with Crippen molar-refractivity contribution in [2.24, 2.45) is 0 Å². The molecule has 0 unspecified atom stereocenters. The van der Waals surface area contributed by atoms with Gasteiger partial charge in [-0.05, 0) is 0 Å². The van der Waals surface area contributed by atoms with Crippen molar-refractivity contribution in [3.8, 4) is 0 Å². The molecule has 0 saturated heterocycles. The zero-order chi connectivity index (χ0) is 7.15. The quantitative estimate of drug-likeness (QED) is 0.388. The first-order valence-corrected chi connectivity index (χ1v) is 2.78. The van der Waals surface area contributed by atoms with Gasteiger partial charge in [-0.25, -0.2) is 0 Å². The second kappa shape index (κ2) is 18.4. The molecule has 10 heavy (non-hydrogen) atoms. The van der Waals surface area contributed by atoms with Crippen LogP contribution in [0, 0.1) is 21.6 Å². The van der Waals surface area contributed by atoms with Crippen LogP contribution in [0.25, 0.3) is 0 Å². The maximum Gasteiger partial charge on any atom is 1.00 e. The summed E-state index contributed by atoms with van der Waals surface area (Å²) in [6, 6.07) is 0. The Morgan fingerprint density at radius 2 is 0.500 bits per heavy atom. The fourth-order valence-electron chi connectivity index (χ4n) is 0. The molecular formula is Cl2K2O6. The van der Waals surface area contributed by atoms with Crippen molar-refractivity contribution in [1.29, 1.82) is 0 Å². The van der Waals surface area contributed by atoms with Gasteiger partial charge in [0, 0.05) is 0 Å². The summed E-state index contributed by atoms with van der Waals surface area (Å²) in [5.74, 6) is 0. The largest absolute Gasteiger partial charge is 1.00 e. The Bertz CT molecular complexity index is 29.2. The van der Waals surface area contributed by atoms with Gasteiger partial charge in [0.1, 0.15) is 0 Å². The molecule has 6 nitrogen and oxygen atoms in total. The first-order valence-electron chi connectivity index (χ1n) is 0.926. The average Bonchev–Trinajstić information content (AvgIpc) is 1.25. The van der Waals surface area contributed by atoms with Crippen LogP contribution in [-0.2, 0) is 0 Å². The molecule has 0 aliphatic carbocycles. The maximum absolute atomic E-state index is 8.41. The first kappa shape index (κ1) is 23.4. The Hall–Kier alpha value is 3.61. The van der Waals surface area contributed by atoms with Crippen molar-refractivity contribution in [2.45, 2.75) is 0 Å². The molecule has 0 heterocycles. The molecule has 0 N–H and O–H groups in total. The van der Waals surface area contributed by atoms with Crippen molar-refractivity contribution in [2.75, 3.05) is 0 Å². The summed E-state index contributed by atoms with van der Waals surface area (Å²) in [7, 11) is -5.70. The molecule has 0 amide bonds. The van der Waals surface area contributed by atoms with E-state index in [9.17, 15) is 0 Å². The number of hydrogen-bond acceptors (Lipinski definition) is 6. The molecule has 10 heteroatoms. The molecule has 0 bridgehead atoms. The molecule has 0 aliphatic heterocycles. The van der Waals surface area contributed by atoms with E-state index < -0.39 is 21.6 Å².